The molecule has 0 amide bonds. The fourth-order valence-corrected chi connectivity index (χ4v) is 3.91. The van der Waals surface area contributed by atoms with Crippen molar-refractivity contribution in [3.05, 3.63) is 38.4 Å². The van der Waals surface area contributed by atoms with Crippen LogP contribution in [0.15, 0.2) is 21.7 Å². The molecule has 2 saturated heterocycles. The number of cyclic esters (lactones) is 1. The molecule has 134 valence electrons. The van der Waals surface area contributed by atoms with Crippen molar-refractivity contribution in [1.82, 2.24) is 5.06 Å². The number of carbonyl (C=O) groups excluding carboxylic acids is 1. The minimum Gasteiger partial charge on any atom is -0.495 e. The van der Waals surface area contributed by atoms with E-state index in [0.717, 1.165) is 0 Å². The van der Waals surface area contributed by atoms with Crippen LogP contribution in [0.25, 0.3) is 10.4 Å². The van der Waals surface area contributed by atoms with Crippen molar-refractivity contribution >= 4 is 21.9 Å². The van der Waals surface area contributed by atoms with E-state index in [1.807, 2.05) is 0 Å². The van der Waals surface area contributed by atoms with Crippen molar-refractivity contribution < 1.29 is 23.5 Å². The summed E-state index contributed by atoms with van der Waals surface area (Å²) in [6.45, 7) is 1.82. The number of rotatable bonds is 5. The number of ether oxygens (including phenoxy) is 2. The van der Waals surface area contributed by atoms with Crippen LogP contribution >= 0.6 is 15.9 Å². The lowest BCUT2D eigenvalue weighted by molar-refractivity contribution is -0.188. The van der Waals surface area contributed by atoms with Gasteiger partial charge < -0.3 is 9.47 Å². The van der Waals surface area contributed by atoms with E-state index in [2.05, 4.69) is 26.0 Å². The number of benzene rings is 1. The Bertz CT molecular complexity index is 742. The smallest absolute Gasteiger partial charge is 0.326 e. The minimum atomic E-state index is -0.683. The molecule has 2 heterocycles. The van der Waals surface area contributed by atoms with E-state index in [1.165, 1.54) is 18.2 Å². The van der Waals surface area contributed by atoms with Crippen LogP contribution < -0.4 is 4.74 Å². The van der Waals surface area contributed by atoms with Gasteiger partial charge in [-0.3, -0.25) is 9.63 Å². The third kappa shape index (κ3) is 3.18. The first kappa shape index (κ1) is 17.9. The Hall–Kier alpha value is -1.87. The number of carbonyl (C=O) groups is 1. The maximum atomic E-state index is 14.3. The van der Waals surface area contributed by atoms with Crippen LogP contribution in [-0.4, -0.2) is 42.9 Å². The van der Waals surface area contributed by atoms with Gasteiger partial charge in [0.2, 0.25) is 0 Å². The van der Waals surface area contributed by atoms with Gasteiger partial charge in [-0.15, -0.1) is 0 Å². The van der Waals surface area contributed by atoms with Crippen molar-refractivity contribution in [2.75, 3.05) is 13.7 Å². The van der Waals surface area contributed by atoms with Crippen molar-refractivity contribution in [3.8, 4) is 5.75 Å². The summed E-state index contributed by atoms with van der Waals surface area (Å²) < 4.78 is 25.5. The normalized spacial score (nSPS) is 28.4. The second-order valence-corrected chi connectivity index (χ2v) is 6.69. The first-order valence-corrected chi connectivity index (χ1v) is 8.42. The zero-order valence-electron chi connectivity index (χ0n) is 13.6. The summed E-state index contributed by atoms with van der Waals surface area (Å²) in [6, 6.07) is 2.17. The molecule has 0 bridgehead atoms. The van der Waals surface area contributed by atoms with Crippen LogP contribution in [-0.2, 0) is 20.9 Å². The van der Waals surface area contributed by atoms with Gasteiger partial charge in [-0.1, -0.05) is 5.11 Å². The predicted molar refractivity (Wildman–Crippen MR) is 87.9 cm³/mol. The molecule has 0 N–H and O–H groups in total. The Balaban J connectivity index is 1.91. The molecular formula is C15H16BrFN4O4. The highest BCUT2D eigenvalue weighted by atomic mass is 79.9. The van der Waals surface area contributed by atoms with Crippen LogP contribution in [0.5, 0.6) is 5.75 Å². The molecule has 0 saturated carbocycles. The van der Waals surface area contributed by atoms with Gasteiger partial charge in [0.15, 0.2) is 0 Å². The molecule has 3 rings (SSSR count). The lowest BCUT2D eigenvalue weighted by Gasteiger charge is -2.22. The maximum Gasteiger partial charge on any atom is 0.326 e. The molecular weight excluding hydrogens is 399 g/mol. The number of esters is 1. The van der Waals surface area contributed by atoms with Gasteiger partial charge in [0.1, 0.15) is 23.7 Å². The number of hydroxylamine groups is 2. The van der Waals surface area contributed by atoms with E-state index >= 15 is 0 Å². The fraction of sp³-hybridized carbons (Fsp3) is 0.533. The Morgan fingerprint density at radius 3 is 2.96 bits per heavy atom. The van der Waals surface area contributed by atoms with Crippen LogP contribution in [0.4, 0.5) is 4.39 Å². The first-order chi connectivity index (χ1) is 12.0. The molecule has 0 radical (unpaired) electrons. The number of hydrogen-bond donors (Lipinski definition) is 0. The van der Waals surface area contributed by atoms with Gasteiger partial charge >= 0.3 is 5.97 Å². The molecule has 2 aliphatic rings. The van der Waals surface area contributed by atoms with Gasteiger partial charge in [-0.05, 0) is 40.5 Å². The zero-order valence-corrected chi connectivity index (χ0v) is 15.1. The maximum absolute atomic E-state index is 14.3. The van der Waals surface area contributed by atoms with Gasteiger partial charge in [-0.2, -0.15) is 5.06 Å². The Labute approximate surface area is 151 Å². The molecule has 1 aromatic carbocycles. The second kappa shape index (κ2) is 7.17. The van der Waals surface area contributed by atoms with Crippen LogP contribution in [0.1, 0.15) is 12.5 Å². The predicted octanol–water partition coefficient (Wildman–Crippen LogP) is 2.95. The molecule has 10 heteroatoms. The standard InChI is InChI=1S/C15H16BrFN4O4/c1-7-12-11(5-19-20-18)25-21(13(12)15(22)24-7)6-8-10(17)4-3-9(16)14(8)23-2/h3-4,7,11-13H,5-6H2,1-2H3/t7?,11-,12?,13?/m0/s1. The van der Waals surface area contributed by atoms with Gasteiger partial charge in [0.05, 0.1) is 36.7 Å². The number of fused-ring (bicyclic) bond motifs is 1. The third-order valence-electron chi connectivity index (χ3n) is 4.46. The summed E-state index contributed by atoms with van der Waals surface area (Å²) >= 11 is 3.32. The van der Waals surface area contributed by atoms with E-state index in [-0.39, 0.29) is 30.7 Å². The van der Waals surface area contributed by atoms with Crippen LogP contribution in [0, 0.1) is 11.7 Å². The third-order valence-corrected chi connectivity index (χ3v) is 5.08. The molecule has 0 spiro atoms. The molecule has 0 aromatic heterocycles. The molecule has 4 atom stereocenters. The van der Waals surface area contributed by atoms with Crippen molar-refractivity contribution in [3.63, 3.8) is 0 Å². The summed E-state index contributed by atoms with van der Waals surface area (Å²) in [6.07, 6.45) is -0.890. The van der Waals surface area contributed by atoms with Crippen molar-refractivity contribution in [2.45, 2.75) is 31.7 Å². The molecule has 3 unspecified atom stereocenters. The lowest BCUT2D eigenvalue weighted by Crippen LogP contribution is -2.35. The Morgan fingerprint density at radius 1 is 1.52 bits per heavy atom. The monoisotopic (exact) mass is 414 g/mol. The van der Waals surface area contributed by atoms with Crippen LogP contribution in [0.2, 0.25) is 0 Å². The quantitative estimate of drug-likeness (QED) is 0.319. The zero-order chi connectivity index (χ0) is 18.1. The highest BCUT2D eigenvalue weighted by molar-refractivity contribution is 9.10. The van der Waals surface area contributed by atoms with Crippen molar-refractivity contribution in [2.24, 2.45) is 11.0 Å². The SMILES string of the molecule is COc1c(Br)ccc(F)c1CN1O[C@@H](CN=[N+]=[N-])C2C(C)OC(=O)C21. The number of nitrogens with zero attached hydrogens (tertiary/aromatic N) is 4. The highest BCUT2D eigenvalue weighted by Crippen LogP contribution is 2.40. The molecule has 0 aliphatic carbocycles. The molecule has 2 fully saturated rings. The summed E-state index contributed by atoms with van der Waals surface area (Å²) in [5.41, 5.74) is 8.80. The Kier molecular flexibility index (Phi) is 5.14. The molecule has 8 nitrogen and oxygen atoms in total. The van der Waals surface area contributed by atoms with E-state index in [9.17, 15) is 9.18 Å². The molecule has 2 aliphatic heterocycles. The summed E-state index contributed by atoms with van der Waals surface area (Å²) in [4.78, 5) is 20.7. The summed E-state index contributed by atoms with van der Waals surface area (Å²) in [5.74, 6) is -0.870. The average molecular weight is 415 g/mol. The van der Waals surface area contributed by atoms with E-state index in [0.29, 0.717) is 10.2 Å². The largest absolute Gasteiger partial charge is 0.495 e. The molecule has 1 aromatic rings. The average Bonchev–Trinajstić information content (AvgIpc) is 3.08. The second-order valence-electron chi connectivity index (χ2n) is 5.84. The summed E-state index contributed by atoms with van der Waals surface area (Å²) in [7, 11) is 1.44. The topological polar surface area (TPSA) is 96.8 Å². The van der Waals surface area contributed by atoms with E-state index < -0.39 is 23.9 Å². The number of azide groups is 1. The molecule has 25 heavy (non-hydrogen) atoms. The number of methoxy groups -OCH3 is 1. The fourth-order valence-electron chi connectivity index (χ4n) is 3.38. The number of hydrogen-bond acceptors (Lipinski definition) is 6. The summed E-state index contributed by atoms with van der Waals surface area (Å²) in [5, 5.41) is 4.93. The van der Waals surface area contributed by atoms with E-state index in [1.54, 1.807) is 13.0 Å². The van der Waals surface area contributed by atoms with E-state index in [4.69, 9.17) is 19.8 Å². The minimum absolute atomic E-state index is 0.00972. The van der Waals surface area contributed by atoms with Gasteiger partial charge in [-0.25, -0.2) is 4.39 Å². The van der Waals surface area contributed by atoms with Crippen molar-refractivity contribution in [1.29, 1.82) is 0 Å². The van der Waals surface area contributed by atoms with Gasteiger partial charge in [0, 0.05) is 10.5 Å². The van der Waals surface area contributed by atoms with Crippen LogP contribution in [0.3, 0.4) is 0 Å². The van der Waals surface area contributed by atoms with Gasteiger partial charge in [0.25, 0.3) is 0 Å². The highest BCUT2D eigenvalue weighted by Gasteiger charge is 2.56. The lowest BCUT2D eigenvalue weighted by atomic mass is 9.92. The first-order valence-electron chi connectivity index (χ1n) is 7.63. The Morgan fingerprint density at radius 2 is 2.28 bits per heavy atom. The number of halogens is 2.